The molecule has 0 spiro atoms. The van der Waals surface area contributed by atoms with Crippen molar-refractivity contribution in [3.63, 3.8) is 0 Å². The minimum Gasteiger partial charge on any atom is -0.315 e. The molecule has 0 aromatic rings. The van der Waals surface area contributed by atoms with Gasteiger partial charge in [-0.25, -0.2) is 0 Å². The van der Waals surface area contributed by atoms with E-state index in [9.17, 15) is 0 Å². The van der Waals surface area contributed by atoms with Gasteiger partial charge in [-0.2, -0.15) is 0 Å². The zero-order chi connectivity index (χ0) is 8.97. The predicted molar refractivity (Wildman–Crippen MR) is 53.3 cm³/mol. The van der Waals surface area contributed by atoms with Crippen LogP contribution in [0.3, 0.4) is 0 Å². The highest BCUT2D eigenvalue weighted by Crippen LogP contribution is 2.26. The van der Waals surface area contributed by atoms with Gasteiger partial charge in [0.15, 0.2) is 0 Å². The third-order valence-electron chi connectivity index (χ3n) is 3.28. The molecule has 3 atom stereocenters. The maximum absolute atomic E-state index is 3.41. The number of likely N-dealkylation sites (N-methyl/N-ethyl adjacent to an activating group) is 2. The molecule has 2 heteroatoms. The van der Waals surface area contributed by atoms with E-state index in [-0.39, 0.29) is 0 Å². The molecule has 0 bridgehead atoms. The minimum atomic E-state index is 0.689. The molecule has 1 saturated carbocycles. The van der Waals surface area contributed by atoms with Gasteiger partial charge < -0.3 is 10.6 Å². The first-order valence-corrected chi connectivity index (χ1v) is 5.16. The van der Waals surface area contributed by atoms with Crippen LogP contribution < -0.4 is 10.6 Å². The van der Waals surface area contributed by atoms with Gasteiger partial charge >= 0.3 is 0 Å². The topological polar surface area (TPSA) is 24.1 Å². The first kappa shape index (κ1) is 10.0. The van der Waals surface area contributed by atoms with E-state index in [1.807, 2.05) is 0 Å². The Morgan fingerprint density at radius 1 is 1.08 bits per heavy atom. The minimum absolute atomic E-state index is 0.689. The maximum Gasteiger partial charge on any atom is 0.0220 e. The highest BCUT2D eigenvalue weighted by Gasteiger charge is 2.27. The molecule has 0 radical (unpaired) electrons. The van der Waals surface area contributed by atoms with Crippen molar-refractivity contribution in [1.82, 2.24) is 10.6 Å². The SMILES string of the molecule is CCC1CCC(NC)C(NC)C1. The first-order chi connectivity index (χ1) is 5.81. The highest BCUT2D eigenvalue weighted by atomic mass is 15.0. The van der Waals surface area contributed by atoms with Crippen LogP contribution in [0.4, 0.5) is 0 Å². The van der Waals surface area contributed by atoms with Crippen molar-refractivity contribution in [2.24, 2.45) is 5.92 Å². The Balaban J connectivity index is 2.41. The van der Waals surface area contributed by atoms with Crippen molar-refractivity contribution >= 4 is 0 Å². The predicted octanol–water partition coefficient (Wildman–Crippen LogP) is 1.37. The summed E-state index contributed by atoms with van der Waals surface area (Å²) in [5.41, 5.74) is 0. The van der Waals surface area contributed by atoms with Crippen molar-refractivity contribution < 1.29 is 0 Å². The van der Waals surface area contributed by atoms with Crippen molar-refractivity contribution in [1.29, 1.82) is 0 Å². The van der Waals surface area contributed by atoms with Gasteiger partial charge in [-0.15, -0.1) is 0 Å². The zero-order valence-corrected chi connectivity index (χ0v) is 8.56. The van der Waals surface area contributed by atoms with Gasteiger partial charge in [0, 0.05) is 12.1 Å². The fraction of sp³-hybridized carbons (Fsp3) is 1.00. The van der Waals surface area contributed by atoms with Crippen LogP contribution >= 0.6 is 0 Å². The van der Waals surface area contributed by atoms with E-state index < -0.39 is 0 Å². The summed E-state index contributed by atoms with van der Waals surface area (Å²) < 4.78 is 0. The molecule has 0 aromatic carbocycles. The van der Waals surface area contributed by atoms with Gasteiger partial charge in [0.25, 0.3) is 0 Å². The molecule has 72 valence electrons. The van der Waals surface area contributed by atoms with Gasteiger partial charge in [0.05, 0.1) is 0 Å². The van der Waals surface area contributed by atoms with Crippen LogP contribution in [0.15, 0.2) is 0 Å². The van der Waals surface area contributed by atoms with Crippen LogP contribution in [-0.4, -0.2) is 26.2 Å². The summed E-state index contributed by atoms with van der Waals surface area (Å²) in [4.78, 5) is 0. The van der Waals surface area contributed by atoms with Crippen molar-refractivity contribution in [3.05, 3.63) is 0 Å². The second-order valence-corrected chi connectivity index (χ2v) is 3.88. The summed E-state index contributed by atoms with van der Waals surface area (Å²) in [6.45, 7) is 2.30. The smallest absolute Gasteiger partial charge is 0.0220 e. The summed E-state index contributed by atoms with van der Waals surface area (Å²) in [5.74, 6) is 0.951. The van der Waals surface area contributed by atoms with Crippen molar-refractivity contribution in [2.75, 3.05) is 14.1 Å². The molecule has 0 saturated heterocycles. The molecule has 0 aliphatic heterocycles. The van der Waals surface area contributed by atoms with Crippen LogP contribution in [0.25, 0.3) is 0 Å². The summed E-state index contributed by atoms with van der Waals surface area (Å²) in [6.07, 6.45) is 5.42. The number of rotatable bonds is 3. The Morgan fingerprint density at radius 2 is 1.75 bits per heavy atom. The molecule has 12 heavy (non-hydrogen) atoms. The molecule has 1 aliphatic carbocycles. The summed E-state index contributed by atoms with van der Waals surface area (Å²) >= 11 is 0. The van der Waals surface area contributed by atoms with Crippen molar-refractivity contribution in [3.8, 4) is 0 Å². The molecule has 1 fully saturated rings. The van der Waals surface area contributed by atoms with E-state index in [0.29, 0.717) is 12.1 Å². The lowest BCUT2D eigenvalue weighted by Gasteiger charge is -2.35. The molecule has 2 nitrogen and oxygen atoms in total. The molecule has 0 amide bonds. The Kier molecular flexibility index (Phi) is 4.02. The van der Waals surface area contributed by atoms with Gasteiger partial charge in [0.1, 0.15) is 0 Å². The average molecular weight is 170 g/mol. The van der Waals surface area contributed by atoms with Gasteiger partial charge in [-0.3, -0.25) is 0 Å². The molecule has 0 heterocycles. The average Bonchev–Trinajstić information content (AvgIpc) is 2.16. The molecular formula is C10H22N2. The molecule has 2 N–H and O–H groups in total. The molecule has 1 aliphatic rings. The fourth-order valence-corrected chi connectivity index (χ4v) is 2.29. The summed E-state index contributed by atoms with van der Waals surface area (Å²) in [5, 5.41) is 6.79. The third-order valence-corrected chi connectivity index (χ3v) is 3.28. The lowest BCUT2D eigenvalue weighted by Crippen LogP contribution is -2.49. The Hall–Kier alpha value is -0.0800. The standard InChI is InChI=1S/C10H22N2/c1-4-8-5-6-9(11-2)10(7-8)12-3/h8-12H,4-7H2,1-3H3. The van der Waals surface area contributed by atoms with Gasteiger partial charge in [-0.05, 0) is 39.3 Å². The van der Waals surface area contributed by atoms with E-state index >= 15 is 0 Å². The van der Waals surface area contributed by atoms with Gasteiger partial charge in [0.2, 0.25) is 0 Å². The zero-order valence-electron chi connectivity index (χ0n) is 8.56. The maximum atomic E-state index is 3.41. The second-order valence-electron chi connectivity index (χ2n) is 3.88. The van der Waals surface area contributed by atoms with Gasteiger partial charge in [-0.1, -0.05) is 13.3 Å². The van der Waals surface area contributed by atoms with E-state index in [1.54, 1.807) is 0 Å². The lowest BCUT2D eigenvalue weighted by atomic mass is 9.81. The quantitative estimate of drug-likeness (QED) is 0.668. The van der Waals surface area contributed by atoms with Crippen molar-refractivity contribution in [2.45, 2.75) is 44.7 Å². The summed E-state index contributed by atoms with van der Waals surface area (Å²) in [7, 11) is 4.15. The normalized spacial score (nSPS) is 36.8. The Labute approximate surface area is 76.1 Å². The largest absolute Gasteiger partial charge is 0.315 e. The van der Waals surface area contributed by atoms with Crippen LogP contribution in [0, 0.1) is 5.92 Å². The van der Waals surface area contributed by atoms with Crippen LogP contribution in [0.1, 0.15) is 32.6 Å². The fourth-order valence-electron chi connectivity index (χ4n) is 2.29. The van der Waals surface area contributed by atoms with Crippen LogP contribution in [-0.2, 0) is 0 Å². The van der Waals surface area contributed by atoms with E-state index in [4.69, 9.17) is 0 Å². The molecule has 1 rings (SSSR count). The highest BCUT2D eigenvalue weighted by molar-refractivity contribution is 4.87. The third kappa shape index (κ3) is 2.20. The molecule has 0 aromatic heterocycles. The Morgan fingerprint density at radius 3 is 2.25 bits per heavy atom. The van der Waals surface area contributed by atoms with E-state index in [1.165, 1.54) is 25.7 Å². The van der Waals surface area contributed by atoms with Crippen LogP contribution in [0.2, 0.25) is 0 Å². The second kappa shape index (κ2) is 4.83. The van der Waals surface area contributed by atoms with E-state index in [2.05, 4.69) is 31.7 Å². The number of hydrogen-bond donors (Lipinski definition) is 2. The van der Waals surface area contributed by atoms with Crippen LogP contribution in [0.5, 0.6) is 0 Å². The summed E-state index contributed by atoms with van der Waals surface area (Å²) in [6, 6.07) is 1.38. The molecule has 3 unspecified atom stereocenters. The lowest BCUT2D eigenvalue weighted by molar-refractivity contribution is 0.236. The number of nitrogens with one attached hydrogen (secondary N) is 2. The van der Waals surface area contributed by atoms with E-state index in [0.717, 1.165) is 5.92 Å². The first-order valence-electron chi connectivity index (χ1n) is 5.16. The number of hydrogen-bond acceptors (Lipinski definition) is 2. The monoisotopic (exact) mass is 170 g/mol. The Bertz CT molecular complexity index is 125. The molecular weight excluding hydrogens is 148 g/mol.